The van der Waals surface area contributed by atoms with Gasteiger partial charge in [0.15, 0.2) is 5.78 Å². The molecule has 0 aromatic carbocycles. The van der Waals surface area contributed by atoms with Gasteiger partial charge in [0.1, 0.15) is 0 Å². The van der Waals surface area contributed by atoms with Crippen molar-refractivity contribution in [2.24, 2.45) is 7.05 Å². The van der Waals surface area contributed by atoms with Gasteiger partial charge in [-0.3, -0.25) is 4.79 Å². The molecule has 0 amide bonds. The van der Waals surface area contributed by atoms with Crippen molar-refractivity contribution in [1.82, 2.24) is 4.57 Å². The summed E-state index contributed by atoms with van der Waals surface area (Å²) in [7, 11) is 2.00. The smallest absolute Gasteiger partial charge is 0.174 e. The summed E-state index contributed by atoms with van der Waals surface area (Å²) < 4.78 is 7.58. The van der Waals surface area contributed by atoms with Crippen molar-refractivity contribution in [2.45, 2.75) is 38.5 Å². The molecule has 4 heteroatoms. The van der Waals surface area contributed by atoms with Crippen molar-refractivity contribution in [3.05, 3.63) is 23.0 Å². The Morgan fingerprint density at radius 2 is 2.28 bits per heavy atom. The van der Waals surface area contributed by atoms with Crippen LogP contribution in [0.4, 0.5) is 0 Å². The predicted molar refractivity (Wildman–Crippen MR) is 75.5 cm³/mol. The van der Waals surface area contributed by atoms with Gasteiger partial charge in [0, 0.05) is 35.9 Å². The number of carbonyl (C=O) groups excluding carboxylic acids is 1. The second-order valence-corrected chi connectivity index (χ2v) is 6.21. The summed E-state index contributed by atoms with van der Waals surface area (Å²) in [6.07, 6.45) is 1.34. The topological polar surface area (TPSA) is 31.2 Å². The highest BCUT2D eigenvalue weighted by molar-refractivity contribution is 8.00. The van der Waals surface area contributed by atoms with Crippen molar-refractivity contribution in [3.8, 4) is 0 Å². The molecule has 0 N–H and O–H groups in total. The van der Waals surface area contributed by atoms with E-state index in [0.29, 0.717) is 11.0 Å². The fourth-order valence-corrected chi connectivity index (χ4v) is 3.46. The number of thioether (sulfide) groups is 1. The molecule has 2 unspecified atom stereocenters. The Morgan fingerprint density at radius 1 is 1.56 bits per heavy atom. The van der Waals surface area contributed by atoms with E-state index >= 15 is 0 Å². The maximum Gasteiger partial charge on any atom is 0.174 e. The van der Waals surface area contributed by atoms with Crippen molar-refractivity contribution in [2.75, 3.05) is 12.4 Å². The maximum atomic E-state index is 12.2. The first-order chi connectivity index (χ1) is 8.50. The monoisotopic (exact) mass is 267 g/mol. The molecule has 100 valence electrons. The summed E-state index contributed by atoms with van der Waals surface area (Å²) in [5, 5.41) is 0.471. The van der Waals surface area contributed by atoms with Crippen molar-refractivity contribution in [3.63, 3.8) is 0 Å². The fraction of sp³-hybridized carbons (Fsp3) is 0.643. The van der Waals surface area contributed by atoms with E-state index in [4.69, 9.17) is 4.74 Å². The number of aryl methyl sites for hydroxylation is 1. The van der Waals surface area contributed by atoms with Gasteiger partial charge in [0.2, 0.25) is 0 Å². The number of Topliss-reactive ketones (excluding diaryl/α,β-unsaturated/α-hetero) is 1. The second kappa shape index (κ2) is 5.49. The normalized spacial score (nSPS) is 23.6. The molecule has 2 heterocycles. The first kappa shape index (κ1) is 13.7. The van der Waals surface area contributed by atoms with Gasteiger partial charge in [-0.2, -0.15) is 0 Å². The standard InChI is InChI=1S/C14H21NO2S/c1-9-7-12(10(2)15(9)4)13(16)8-18-14-5-6-17-11(14)3/h7,11,14H,5-6,8H2,1-4H3. The van der Waals surface area contributed by atoms with Crippen LogP contribution in [0.1, 0.15) is 35.1 Å². The van der Waals surface area contributed by atoms with Gasteiger partial charge in [0.25, 0.3) is 0 Å². The number of ketones is 1. The molecule has 1 aliphatic rings. The zero-order chi connectivity index (χ0) is 13.3. The van der Waals surface area contributed by atoms with Crippen LogP contribution >= 0.6 is 11.8 Å². The van der Waals surface area contributed by atoms with E-state index in [0.717, 1.165) is 30.0 Å². The molecule has 3 nitrogen and oxygen atoms in total. The van der Waals surface area contributed by atoms with Gasteiger partial charge >= 0.3 is 0 Å². The lowest BCUT2D eigenvalue weighted by Crippen LogP contribution is -2.16. The molecule has 0 spiro atoms. The van der Waals surface area contributed by atoms with Crippen LogP contribution < -0.4 is 0 Å². The molecule has 0 aliphatic carbocycles. The first-order valence-corrected chi connectivity index (χ1v) is 7.45. The summed E-state index contributed by atoms with van der Waals surface area (Å²) in [4.78, 5) is 12.2. The average molecular weight is 267 g/mol. The quantitative estimate of drug-likeness (QED) is 0.786. The lowest BCUT2D eigenvalue weighted by Gasteiger charge is -2.12. The van der Waals surface area contributed by atoms with Crippen molar-refractivity contribution < 1.29 is 9.53 Å². The van der Waals surface area contributed by atoms with Crippen LogP contribution in [0.3, 0.4) is 0 Å². The number of carbonyl (C=O) groups is 1. The van der Waals surface area contributed by atoms with Gasteiger partial charge in [-0.1, -0.05) is 0 Å². The molecular weight excluding hydrogens is 246 g/mol. The summed E-state index contributed by atoms with van der Waals surface area (Å²) in [5.74, 6) is 0.795. The molecule has 1 aromatic rings. The van der Waals surface area contributed by atoms with Gasteiger partial charge in [-0.15, -0.1) is 11.8 Å². The molecule has 0 bridgehead atoms. The Kier molecular flexibility index (Phi) is 4.17. The predicted octanol–water partition coefficient (Wildman–Crippen LogP) is 2.74. The summed E-state index contributed by atoms with van der Waals surface area (Å²) in [5.41, 5.74) is 3.07. The van der Waals surface area contributed by atoms with Crippen LogP contribution in [0.25, 0.3) is 0 Å². The van der Waals surface area contributed by atoms with E-state index in [-0.39, 0.29) is 11.9 Å². The largest absolute Gasteiger partial charge is 0.377 e. The molecular formula is C14H21NO2S. The van der Waals surface area contributed by atoms with Crippen LogP contribution in [0.5, 0.6) is 0 Å². The zero-order valence-electron chi connectivity index (χ0n) is 11.5. The van der Waals surface area contributed by atoms with E-state index in [2.05, 4.69) is 11.5 Å². The Morgan fingerprint density at radius 3 is 2.78 bits per heavy atom. The third kappa shape index (κ3) is 2.64. The molecule has 2 atom stereocenters. The van der Waals surface area contributed by atoms with Gasteiger partial charge in [-0.05, 0) is 33.3 Å². The van der Waals surface area contributed by atoms with Crippen LogP contribution in [0.2, 0.25) is 0 Å². The van der Waals surface area contributed by atoms with E-state index in [1.165, 1.54) is 0 Å². The molecule has 18 heavy (non-hydrogen) atoms. The van der Waals surface area contributed by atoms with E-state index in [1.807, 2.05) is 27.0 Å². The second-order valence-electron chi connectivity index (χ2n) is 4.98. The number of hydrogen-bond acceptors (Lipinski definition) is 3. The molecule has 1 aromatic heterocycles. The molecule has 2 rings (SSSR count). The lowest BCUT2D eigenvalue weighted by atomic mass is 10.2. The van der Waals surface area contributed by atoms with Gasteiger partial charge in [0.05, 0.1) is 11.9 Å². The number of rotatable bonds is 4. The minimum atomic E-state index is 0.236. The molecule has 1 aliphatic heterocycles. The Labute approximate surface area is 113 Å². The van der Waals surface area contributed by atoms with Crippen LogP contribution in [0, 0.1) is 13.8 Å². The van der Waals surface area contributed by atoms with Crippen LogP contribution in [0.15, 0.2) is 6.07 Å². The minimum Gasteiger partial charge on any atom is -0.377 e. The molecule has 1 saturated heterocycles. The Bertz CT molecular complexity index is 453. The third-order valence-electron chi connectivity index (χ3n) is 3.81. The SMILES string of the molecule is Cc1cc(C(=O)CSC2CCOC2C)c(C)n1C. The fourth-order valence-electron chi connectivity index (χ4n) is 2.33. The van der Waals surface area contributed by atoms with Gasteiger partial charge < -0.3 is 9.30 Å². The van der Waals surface area contributed by atoms with E-state index in [1.54, 1.807) is 11.8 Å². The lowest BCUT2D eigenvalue weighted by molar-refractivity contribution is 0.102. The molecule has 0 saturated carbocycles. The Hall–Kier alpha value is -0.740. The molecule has 1 fully saturated rings. The zero-order valence-corrected chi connectivity index (χ0v) is 12.3. The highest BCUT2D eigenvalue weighted by Crippen LogP contribution is 2.27. The van der Waals surface area contributed by atoms with Crippen LogP contribution in [-0.2, 0) is 11.8 Å². The van der Waals surface area contributed by atoms with Gasteiger partial charge in [-0.25, -0.2) is 0 Å². The highest BCUT2D eigenvalue weighted by atomic mass is 32.2. The highest BCUT2D eigenvalue weighted by Gasteiger charge is 2.25. The Balaban J connectivity index is 1.97. The number of aromatic nitrogens is 1. The van der Waals surface area contributed by atoms with Crippen molar-refractivity contribution >= 4 is 17.5 Å². The maximum absolute atomic E-state index is 12.2. The van der Waals surface area contributed by atoms with E-state index < -0.39 is 0 Å². The number of ether oxygens (including phenoxy) is 1. The number of nitrogens with zero attached hydrogens (tertiary/aromatic N) is 1. The summed E-state index contributed by atoms with van der Waals surface area (Å²) >= 11 is 1.74. The third-order valence-corrected chi connectivity index (χ3v) is 5.29. The average Bonchev–Trinajstić information content (AvgIpc) is 2.86. The van der Waals surface area contributed by atoms with Crippen molar-refractivity contribution in [1.29, 1.82) is 0 Å². The minimum absolute atomic E-state index is 0.236. The van der Waals surface area contributed by atoms with E-state index in [9.17, 15) is 4.79 Å². The number of hydrogen-bond donors (Lipinski definition) is 0. The molecule has 0 radical (unpaired) electrons. The summed E-state index contributed by atoms with van der Waals surface area (Å²) in [6, 6.07) is 1.99. The van der Waals surface area contributed by atoms with Crippen LogP contribution in [-0.4, -0.2) is 34.1 Å². The first-order valence-electron chi connectivity index (χ1n) is 6.40. The summed E-state index contributed by atoms with van der Waals surface area (Å²) in [6.45, 7) is 6.96.